The Kier molecular flexibility index (Phi) is 4.84. The van der Waals surface area contributed by atoms with Crippen LogP contribution in [0.3, 0.4) is 0 Å². The molecule has 18 heavy (non-hydrogen) atoms. The largest absolute Gasteiger partial charge is 0.391 e. The minimum Gasteiger partial charge on any atom is -0.391 e. The standard InChI is InChI=1S/C12H20ClN3OS/c1-3-9(2)15-4-6-16(7-5-15)12-14-11(13)10(8-17)18-12/h9,17H,3-8H2,1-2H3. The molecule has 1 atom stereocenters. The van der Waals surface area contributed by atoms with E-state index in [0.29, 0.717) is 11.2 Å². The number of nitrogens with zero attached hydrogens (tertiary/aromatic N) is 3. The monoisotopic (exact) mass is 289 g/mol. The number of rotatable bonds is 4. The number of piperazine rings is 1. The molecule has 0 bridgehead atoms. The van der Waals surface area contributed by atoms with E-state index in [1.807, 2.05) is 0 Å². The van der Waals surface area contributed by atoms with Crippen molar-refractivity contribution in [2.24, 2.45) is 0 Å². The van der Waals surface area contributed by atoms with Gasteiger partial charge in [-0.3, -0.25) is 4.90 Å². The van der Waals surface area contributed by atoms with Crippen LogP contribution in [-0.2, 0) is 6.61 Å². The number of anilines is 1. The van der Waals surface area contributed by atoms with Gasteiger partial charge in [-0.05, 0) is 13.3 Å². The van der Waals surface area contributed by atoms with Gasteiger partial charge in [-0.1, -0.05) is 29.9 Å². The molecule has 2 rings (SSSR count). The highest BCUT2D eigenvalue weighted by Crippen LogP contribution is 2.30. The predicted octanol–water partition coefficient (Wildman–Crippen LogP) is 2.21. The second-order valence-corrected chi connectivity index (χ2v) is 6.07. The first-order chi connectivity index (χ1) is 8.65. The van der Waals surface area contributed by atoms with Crippen molar-refractivity contribution >= 4 is 28.1 Å². The van der Waals surface area contributed by atoms with Crippen LogP contribution < -0.4 is 4.90 Å². The lowest BCUT2D eigenvalue weighted by Gasteiger charge is -2.37. The second-order valence-electron chi connectivity index (χ2n) is 4.65. The molecular formula is C12H20ClN3OS. The summed E-state index contributed by atoms with van der Waals surface area (Å²) in [6.07, 6.45) is 1.19. The Bertz CT molecular complexity index is 391. The molecule has 1 aromatic rings. The van der Waals surface area contributed by atoms with Gasteiger partial charge in [0.15, 0.2) is 5.13 Å². The summed E-state index contributed by atoms with van der Waals surface area (Å²) in [5.74, 6) is 0. The Morgan fingerprint density at radius 1 is 1.39 bits per heavy atom. The molecule has 0 amide bonds. The van der Waals surface area contributed by atoms with Crippen LogP contribution in [0, 0.1) is 0 Å². The van der Waals surface area contributed by atoms with Gasteiger partial charge in [-0.25, -0.2) is 4.98 Å². The van der Waals surface area contributed by atoms with E-state index >= 15 is 0 Å². The molecule has 1 fully saturated rings. The van der Waals surface area contributed by atoms with Crippen LogP contribution in [0.1, 0.15) is 25.1 Å². The highest BCUT2D eigenvalue weighted by molar-refractivity contribution is 7.16. The van der Waals surface area contributed by atoms with E-state index < -0.39 is 0 Å². The van der Waals surface area contributed by atoms with E-state index in [1.54, 1.807) is 0 Å². The molecule has 2 heterocycles. The molecule has 1 aromatic heterocycles. The third kappa shape index (κ3) is 2.96. The summed E-state index contributed by atoms with van der Waals surface area (Å²) in [6.45, 7) is 8.59. The van der Waals surface area contributed by atoms with Gasteiger partial charge < -0.3 is 10.0 Å². The number of hydrogen-bond acceptors (Lipinski definition) is 5. The summed E-state index contributed by atoms with van der Waals surface area (Å²) in [4.78, 5) is 9.86. The fraction of sp³-hybridized carbons (Fsp3) is 0.750. The molecule has 0 radical (unpaired) electrons. The van der Waals surface area contributed by atoms with E-state index in [-0.39, 0.29) is 6.61 Å². The van der Waals surface area contributed by atoms with Crippen LogP contribution >= 0.6 is 22.9 Å². The van der Waals surface area contributed by atoms with Gasteiger partial charge in [0, 0.05) is 32.2 Å². The number of hydrogen-bond donors (Lipinski definition) is 1. The fourth-order valence-electron chi connectivity index (χ4n) is 2.17. The SMILES string of the molecule is CCC(C)N1CCN(c2nc(Cl)c(CO)s2)CC1. The molecule has 1 unspecified atom stereocenters. The predicted molar refractivity (Wildman–Crippen MR) is 76.6 cm³/mol. The third-order valence-corrected chi connectivity index (χ3v) is 5.11. The first kappa shape index (κ1) is 14.1. The third-order valence-electron chi connectivity index (χ3n) is 3.58. The molecule has 0 saturated carbocycles. The molecule has 1 N–H and O–H groups in total. The molecule has 6 heteroatoms. The zero-order valence-electron chi connectivity index (χ0n) is 10.9. The number of thiazole rings is 1. The van der Waals surface area contributed by atoms with Gasteiger partial charge in [0.05, 0.1) is 11.5 Å². The summed E-state index contributed by atoms with van der Waals surface area (Å²) >= 11 is 7.46. The zero-order chi connectivity index (χ0) is 13.1. The molecule has 0 aromatic carbocycles. The summed E-state index contributed by atoms with van der Waals surface area (Å²) in [5, 5.41) is 10.5. The maximum atomic E-state index is 9.14. The van der Waals surface area contributed by atoms with Gasteiger partial charge in [-0.2, -0.15) is 0 Å². The topological polar surface area (TPSA) is 39.6 Å². The van der Waals surface area contributed by atoms with E-state index in [0.717, 1.165) is 36.2 Å². The van der Waals surface area contributed by atoms with Crippen molar-refractivity contribution in [1.29, 1.82) is 0 Å². The Labute approximate surface area is 117 Å². The highest BCUT2D eigenvalue weighted by atomic mass is 35.5. The minimum atomic E-state index is -0.0245. The summed E-state index contributed by atoms with van der Waals surface area (Å²) in [6, 6.07) is 0.653. The summed E-state index contributed by atoms with van der Waals surface area (Å²) in [7, 11) is 0. The van der Waals surface area contributed by atoms with Crippen LogP contribution in [0.5, 0.6) is 0 Å². The van der Waals surface area contributed by atoms with Crippen molar-refractivity contribution < 1.29 is 5.11 Å². The van der Waals surface area contributed by atoms with Crippen LogP contribution in [0.15, 0.2) is 0 Å². The first-order valence-corrected chi connectivity index (χ1v) is 7.60. The van der Waals surface area contributed by atoms with E-state index in [9.17, 15) is 0 Å². The summed E-state index contributed by atoms with van der Waals surface area (Å²) < 4.78 is 0. The van der Waals surface area contributed by atoms with Gasteiger partial charge in [0.2, 0.25) is 0 Å². The number of aliphatic hydroxyl groups excluding tert-OH is 1. The van der Waals surface area contributed by atoms with Crippen molar-refractivity contribution in [3.8, 4) is 0 Å². The van der Waals surface area contributed by atoms with Gasteiger partial charge >= 0.3 is 0 Å². The Morgan fingerprint density at radius 2 is 2.06 bits per heavy atom. The van der Waals surface area contributed by atoms with Crippen LogP contribution in [0.2, 0.25) is 5.15 Å². The Balaban J connectivity index is 1.96. The van der Waals surface area contributed by atoms with Crippen LogP contribution in [0.4, 0.5) is 5.13 Å². The lowest BCUT2D eigenvalue weighted by molar-refractivity contribution is 0.193. The first-order valence-electron chi connectivity index (χ1n) is 6.40. The molecule has 0 spiro atoms. The molecule has 102 valence electrons. The maximum absolute atomic E-state index is 9.14. The van der Waals surface area contributed by atoms with E-state index in [1.165, 1.54) is 17.8 Å². The Hall–Kier alpha value is -0.360. The lowest BCUT2D eigenvalue weighted by Crippen LogP contribution is -2.49. The van der Waals surface area contributed by atoms with E-state index in [4.69, 9.17) is 16.7 Å². The minimum absolute atomic E-state index is 0.0245. The average Bonchev–Trinajstić information content (AvgIpc) is 2.79. The van der Waals surface area contributed by atoms with Crippen molar-refractivity contribution in [2.75, 3.05) is 31.1 Å². The van der Waals surface area contributed by atoms with Crippen molar-refractivity contribution in [1.82, 2.24) is 9.88 Å². The maximum Gasteiger partial charge on any atom is 0.187 e. The molecule has 0 aliphatic carbocycles. The molecule has 4 nitrogen and oxygen atoms in total. The molecule has 1 saturated heterocycles. The molecular weight excluding hydrogens is 270 g/mol. The number of aliphatic hydroxyl groups is 1. The quantitative estimate of drug-likeness (QED) is 0.922. The Morgan fingerprint density at radius 3 is 2.56 bits per heavy atom. The van der Waals surface area contributed by atoms with Crippen molar-refractivity contribution in [3.05, 3.63) is 10.0 Å². The average molecular weight is 290 g/mol. The van der Waals surface area contributed by atoms with Crippen LogP contribution in [0.25, 0.3) is 0 Å². The summed E-state index contributed by atoms with van der Waals surface area (Å²) in [5.41, 5.74) is 0. The fourth-order valence-corrected chi connectivity index (χ4v) is 3.34. The molecule has 1 aliphatic heterocycles. The van der Waals surface area contributed by atoms with Gasteiger partial charge in [-0.15, -0.1) is 0 Å². The zero-order valence-corrected chi connectivity index (χ0v) is 12.5. The smallest absolute Gasteiger partial charge is 0.187 e. The van der Waals surface area contributed by atoms with Crippen molar-refractivity contribution in [2.45, 2.75) is 32.9 Å². The number of aromatic nitrogens is 1. The van der Waals surface area contributed by atoms with E-state index in [2.05, 4.69) is 28.6 Å². The van der Waals surface area contributed by atoms with Gasteiger partial charge in [0.25, 0.3) is 0 Å². The highest BCUT2D eigenvalue weighted by Gasteiger charge is 2.22. The second kappa shape index (κ2) is 6.19. The normalized spacial score (nSPS) is 19.2. The van der Waals surface area contributed by atoms with Gasteiger partial charge in [0.1, 0.15) is 5.15 Å². The lowest BCUT2D eigenvalue weighted by atomic mass is 10.2. The molecule has 1 aliphatic rings. The number of halogens is 1. The van der Waals surface area contributed by atoms with Crippen LogP contribution in [-0.4, -0.2) is 47.2 Å². The van der Waals surface area contributed by atoms with Crippen molar-refractivity contribution in [3.63, 3.8) is 0 Å².